The predicted octanol–water partition coefficient (Wildman–Crippen LogP) is 0.889. The number of rotatable bonds is 8. The zero-order chi connectivity index (χ0) is 14.2. The SMILES string of the molecule is O=C(O)CCN(CCN1CCOCC1)Cc1ccco1. The van der Waals surface area contributed by atoms with Crippen LogP contribution in [0.5, 0.6) is 0 Å². The van der Waals surface area contributed by atoms with Crippen molar-refractivity contribution in [2.45, 2.75) is 13.0 Å². The molecular weight excluding hydrogens is 260 g/mol. The van der Waals surface area contributed by atoms with Gasteiger partial charge in [-0.3, -0.25) is 14.6 Å². The average Bonchev–Trinajstić information content (AvgIpc) is 2.96. The molecule has 0 bridgehead atoms. The molecule has 0 atom stereocenters. The Balaban J connectivity index is 1.79. The van der Waals surface area contributed by atoms with Crippen molar-refractivity contribution in [3.8, 4) is 0 Å². The van der Waals surface area contributed by atoms with Gasteiger partial charge < -0.3 is 14.3 Å². The summed E-state index contributed by atoms with van der Waals surface area (Å²) in [5.74, 6) is 0.109. The van der Waals surface area contributed by atoms with Gasteiger partial charge in [0.1, 0.15) is 5.76 Å². The van der Waals surface area contributed by atoms with Crippen molar-refractivity contribution in [2.75, 3.05) is 45.9 Å². The number of nitrogens with zero attached hydrogens (tertiary/aromatic N) is 2. The average molecular weight is 282 g/mol. The van der Waals surface area contributed by atoms with Gasteiger partial charge in [-0.1, -0.05) is 0 Å². The van der Waals surface area contributed by atoms with Gasteiger partial charge in [0.2, 0.25) is 0 Å². The fourth-order valence-electron chi connectivity index (χ4n) is 2.25. The summed E-state index contributed by atoms with van der Waals surface area (Å²) in [6.45, 7) is 6.45. The lowest BCUT2D eigenvalue weighted by Gasteiger charge is -2.29. The number of carbonyl (C=O) groups is 1. The Morgan fingerprint density at radius 2 is 2.15 bits per heavy atom. The summed E-state index contributed by atoms with van der Waals surface area (Å²) in [7, 11) is 0. The molecule has 1 saturated heterocycles. The molecule has 0 spiro atoms. The lowest BCUT2D eigenvalue weighted by Crippen LogP contribution is -2.41. The number of hydrogen-bond acceptors (Lipinski definition) is 5. The summed E-state index contributed by atoms with van der Waals surface area (Å²) in [5.41, 5.74) is 0. The van der Waals surface area contributed by atoms with E-state index < -0.39 is 5.97 Å². The Bertz CT molecular complexity index is 388. The highest BCUT2D eigenvalue weighted by Gasteiger charge is 2.14. The highest BCUT2D eigenvalue weighted by atomic mass is 16.5. The molecule has 1 aromatic heterocycles. The molecule has 112 valence electrons. The third-order valence-electron chi connectivity index (χ3n) is 3.44. The minimum atomic E-state index is -0.763. The lowest BCUT2D eigenvalue weighted by atomic mass is 10.3. The van der Waals surface area contributed by atoms with Crippen molar-refractivity contribution in [1.29, 1.82) is 0 Å². The molecule has 20 heavy (non-hydrogen) atoms. The Morgan fingerprint density at radius 1 is 1.35 bits per heavy atom. The summed E-state index contributed by atoms with van der Waals surface area (Å²) < 4.78 is 10.7. The molecule has 0 amide bonds. The zero-order valence-corrected chi connectivity index (χ0v) is 11.7. The molecule has 1 aromatic rings. The number of carboxylic acids is 1. The Labute approximate surface area is 118 Å². The molecule has 0 aromatic carbocycles. The predicted molar refractivity (Wildman–Crippen MR) is 73.5 cm³/mol. The Morgan fingerprint density at radius 3 is 2.80 bits per heavy atom. The van der Waals surface area contributed by atoms with Crippen LogP contribution in [0.1, 0.15) is 12.2 Å². The van der Waals surface area contributed by atoms with E-state index in [1.165, 1.54) is 0 Å². The maximum atomic E-state index is 10.7. The summed E-state index contributed by atoms with van der Waals surface area (Å²) in [5, 5.41) is 8.83. The highest BCUT2D eigenvalue weighted by Crippen LogP contribution is 2.07. The van der Waals surface area contributed by atoms with Crippen molar-refractivity contribution in [3.05, 3.63) is 24.2 Å². The van der Waals surface area contributed by atoms with Gasteiger partial charge in [0.15, 0.2) is 0 Å². The molecule has 1 aliphatic heterocycles. The molecular formula is C14H22N2O4. The van der Waals surface area contributed by atoms with E-state index >= 15 is 0 Å². The number of ether oxygens (including phenoxy) is 1. The number of carboxylic acid groups (broad SMARTS) is 1. The molecule has 0 unspecified atom stereocenters. The Kier molecular flexibility index (Phi) is 6.04. The van der Waals surface area contributed by atoms with Crippen LogP contribution in [0.15, 0.2) is 22.8 Å². The van der Waals surface area contributed by atoms with Crippen LogP contribution >= 0.6 is 0 Å². The molecule has 2 heterocycles. The zero-order valence-electron chi connectivity index (χ0n) is 11.7. The molecule has 0 saturated carbocycles. The second-order valence-electron chi connectivity index (χ2n) is 4.95. The van der Waals surface area contributed by atoms with Crippen LogP contribution < -0.4 is 0 Å². The van der Waals surface area contributed by atoms with Crippen LogP contribution in [-0.4, -0.2) is 66.8 Å². The van der Waals surface area contributed by atoms with Gasteiger partial charge in [0, 0.05) is 32.7 Å². The van der Waals surface area contributed by atoms with E-state index in [2.05, 4.69) is 9.80 Å². The topological polar surface area (TPSA) is 66.2 Å². The first-order valence-corrected chi connectivity index (χ1v) is 7.00. The minimum absolute atomic E-state index is 0.157. The van der Waals surface area contributed by atoms with Crippen molar-refractivity contribution >= 4 is 5.97 Å². The normalized spacial score (nSPS) is 16.6. The van der Waals surface area contributed by atoms with E-state index in [-0.39, 0.29) is 6.42 Å². The summed E-state index contributed by atoms with van der Waals surface area (Å²) in [4.78, 5) is 15.2. The van der Waals surface area contributed by atoms with Crippen molar-refractivity contribution in [2.24, 2.45) is 0 Å². The van der Waals surface area contributed by atoms with Gasteiger partial charge in [-0.15, -0.1) is 0 Å². The standard InChI is InChI=1S/C14H22N2O4/c17-14(18)3-4-16(12-13-2-1-9-20-13)6-5-15-7-10-19-11-8-15/h1-2,9H,3-8,10-12H2,(H,17,18). The fourth-order valence-corrected chi connectivity index (χ4v) is 2.25. The number of hydrogen-bond donors (Lipinski definition) is 1. The van der Waals surface area contributed by atoms with E-state index in [1.807, 2.05) is 12.1 Å². The lowest BCUT2D eigenvalue weighted by molar-refractivity contribution is -0.137. The van der Waals surface area contributed by atoms with Crippen molar-refractivity contribution < 1.29 is 19.1 Å². The third-order valence-corrected chi connectivity index (χ3v) is 3.44. The summed E-state index contributed by atoms with van der Waals surface area (Å²) in [6, 6.07) is 3.77. The van der Waals surface area contributed by atoms with E-state index in [4.69, 9.17) is 14.3 Å². The first-order valence-electron chi connectivity index (χ1n) is 7.00. The van der Waals surface area contributed by atoms with Gasteiger partial charge in [0.25, 0.3) is 0 Å². The van der Waals surface area contributed by atoms with E-state index in [9.17, 15) is 4.79 Å². The molecule has 6 nitrogen and oxygen atoms in total. The van der Waals surface area contributed by atoms with Crippen LogP contribution in [0, 0.1) is 0 Å². The number of furan rings is 1. The second-order valence-corrected chi connectivity index (χ2v) is 4.95. The van der Waals surface area contributed by atoms with E-state index in [1.54, 1.807) is 6.26 Å². The van der Waals surface area contributed by atoms with Crippen LogP contribution in [0.25, 0.3) is 0 Å². The first-order chi connectivity index (χ1) is 9.74. The molecule has 1 fully saturated rings. The fraction of sp³-hybridized carbons (Fsp3) is 0.643. The second kappa shape index (κ2) is 8.04. The van der Waals surface area contributed by atoms with Gasteiger partial charge in [-0.05, 0) is 12.1 Å². The first kappa shape index (κ1) is 15.0. The van der Waals surface area contributed by atoms with E-state index in [0.717, 1.165) is 45.2 Å². The summed E-state index contributed by atoms with van der Waals surface area (Å²) >= 11 is 0. The van der Waals surface area contributed by atoms with Crippen LogP contribution in [-0.2, 0) is 16.1 Å². The largest absolute Gasteiger partial charge is 0.481 e. The minimum Gasteiger partial charge on any atom is -0.481 e. The van der Waals surface area contributed by atoms with E-state index in [0.29, 0.717) is 13.1 Å². The quantitative estimate of drug-likeness (QED) is 0.764. The van der Waals surface area contributed by atoms with Crippen LogP contribution in [0.3, 0.4) is 0 Å². The molecule has 1 N–H and O–H groups in total. The van der Waals surface area contributed by atoms with Crippen LogP contribution in [0.2, 0.25) is 0 Å². The van der Waals surface area contributed by atoms with Gasteiger partial charge in [0.05, 0.1) is 32.4 Å². The third kappa shape index (κ3) is 5.32. The van der Waals surface area contributed by atoms with Crippen molar-refractivity contribution in [3.63, 3.8) is 0 Å². The maximum Gasteiger partial charge on any atom is 0.304 e. The molecule has 6 heteroatoms. The monoisotopic (exact) mass is 282 g/mol. The van der Waals surface area contributed by atoms with Crippen LogP contribution in [0.4, 0.5) is 0 Å². The van der Waals surface area contributed by atoms with Gasteiger partial charge in [-0.25, -0.2) is 0 Å². The summed E-state index contributed by atoms with van der Waals surface area (Å²) in [6.07, 6.45) is 1.80. The molecule has 0 radical (unpaired) electrons. The van der Waals surface area contributed by atoms with Gasteiger partial charge in [-0.2, -0.15) is 0 Å². The Hall–Kier alpha value is -1.37. The molecule has 1 aliphatic rings. The number of aliphatic carboxylic acids is 1. The number of morpholine rings is 1. The van der Waals surface area contributed by atoms with Crippen molar-refractivity contribution in [1.82, 2.24) is 9.80 Å². The molecule has 2 rings (SSSR count). The smallest absolute Gasteiger partial charge is 0.304 e. The highest BCUT2D eigenvalue weighted by molar-refractivity contribution is 5.66. The maximum absolute atomic E-state index is 10.7. The molecule has 0 aliphatic carbocycles. The van der Waals surface area contributed by atoms with Gasteiger partial charge >= 0.3 is 5.97 Å².